The first-order valence-electron chi connectivity index (χ1n) is 8.89. The molecule has 0 radical (unpaired) electrons. The first kappa shape index (κ1) is 18.6. The monoisotopic (exact) mass is 360 g/mol. The Hall–Kier alpha value is -3.14. The Kier molecular flexibility index (Phi) is 5.26. The van der Waals surface area contributed by atoms with Gasteiger partial charge in [0.25, 0.3) is 0 Å². The Morgan fingerprint density at radius 2 is 1.70 bits per heavy atom. The first-order chi connectivity index (χ1) is 12.9. The third kappa shape index (κ3) is 3.85. The van der Waals surface area contributed by atoms with E-state index in [1.54, 1.807) is 12.1 Å². The van der Waals surface area contributed by atoms with Crippen molar-refractivity contribution in [2.75, 3.05) is 7.11 Å². The molecule has 0 spiro atoms. The molecule has 0 bridgehead atoms. The molecule has 0 aliphatic rings. The molecule has 0 saturated carbocycles. The van der Waals surface area contributed by atoms with Gasteiger partial charge < -0.3 is 9.30 Å². The molecule has 3 rings (SSSR count). The second-order valence-corrected chi connectivity index (χ2v) is 6.75. The Morgan fingerprint density at radius 3 is 2.37 bits per heavy atom. The molecule has 2 aromatic carbocycles. The molecule has 1 aromatic heterocycles. The topological polar surface area (TPSA) is 43.6 Å². The van der Waals surface area contributed by atoms with Gasteiger partial charge in [-0.1, -0.05) is 12.1 Å². The fourth-order valence-corrected chi connectivity index (χ4v) is 3.18. The molecule has 0 aliphatic carbocycles. The van der Waals surface area contributed by atoms with Gasteiger partial charge in [0.15, 0.2) is 0 Å². The lowest BCUT2D eigenvalue weighted by atomic mass is 10.1. The van der Waals surface area contributed by atoms with Crippen molar-refractivity contribution in [3.8, 4) is 5.69 Å². The number of hydrogen-bond donors (Lipinski definition) is 0. The van der Waals surface area contributed by atoms with Gasteiger partial charge in [0.2, 0.25) is 0 Å². The van der Waals surface area contributed by atoms with Crippen LogP contribution in [0.5, 0.6) is 0 Å². The number of rotatable bonds is 4. The number of nitrogens with zero attached hydrogens (tertiary/aromatic N) is 2. The van der Waals surface area contributed by atoms with Crippen LogP contribution in [-0.2, 0) is 4.74 Å². The molecule has 0 N–H and O–H groups in total. The number of ether oxygens (including phenoxy) is 1. The summed E-state index contributed by atoms with van der Waals surface area (Å²) in [5.41, 5.74) is 8.18. The normalized spacial score (nSPS) is 11.1. The van der Waals surface area contributed by atoms with E-state index in [1.807, 2.05) is 18.3 Å². The van der Waals surface area contributed by atoms with Gasteiger partial charge in [-0.05, 0) is 75.2 Å². The van der Waals surface area contributed by atoms with Crippen molar-refractivity contribution in [2.24, 2.45) is 4.99 Å². The SMILES string of the molecule is COC(=O)c1ccc(-n2c(C)cc(C=Nc3cc(C)ccc3C)c2C)cc1. The molecule has 0 fully saturated rings. The first-order valence-corrected chi connectivity index (χ1v) is 8.89. The third-order valence-corrected chi connectivity index (χ3v) is 4.72. The van der Waals surface area contributed by atoms with Crippen molar-refractivity contribution in [1.82, 2.24) is 4.57 Å². The van der Waals surface area contributed by atoms with Gasteiger partial charge >= 0.3 is 5.97 Å². The average molecular weight is 360 g/mol. The van der Waals surface area contributed by atoms with Crippen LogP contribution in [0.25, 0.3) is 5.69 Å². The summed E-state index contributed by atoms with van der Waals surface area (Å²) in [5, 5.41) is 0. The molecule has 4 heteroatoms. The Labute approximate surface area is 160 Å². The van der Waals surface area contributed by atoms with Crippen LogP contribution in [-0.4, -0.2) is 23.9 Å². The number of aryl methyl sites for hydroxylation is 3. The number of carbonyl (C=O) groups excluding carboxylic acids is 1. The molecule has 0 aliphatic heterocycles. The van der Waals surface area contributed by atoms with Crippen molar-refractivity contribution in [2.45, 2.75) is 27.7 Å². The van der Waals surface area contributed by atoms with E-state index in [9.17, 15) is 4.79 Å². The second-order valence-electron chi connectivity index (χ2n) is 6.75. The molecule has 27 heavy (non-hydrogen) atoms. The number of aromatic nitrogens is 1. The molecule has 1 heterocycles. The minimum absolute atomic E-state index is 0.330. The van der Waals surface area contributed by atoms with Crippen LogP contribution in [0, 0.1) is 27.7 Å². The van der Waals surface area contributed by atoms with E-state index in [-0.39, 0.29) is 5.97 Å². The van der Waals surface area contributed by atoms with E-state index in [2.05, 4.69) is 56.5 Å². The molecule has 0 amide bonds. The molecule has 0 saturated heterocycles. The van der Waals surface area contributed by atoms with Gasteiger partial charge in [-0.25, -0.2) is 4.79 Å². The van der Waals surface area contributed by atoms with Gasteiger partial charge in [-0.15, -0.1) is 0 Å². The van der Waals surface area contributed by atoms with Crippen molar-refractivity contribution in [3.05, 3.63) is 82.2 Å². The molecule has 0 unspecified atom stereocenters. The van der Waals surface area contributed by atoms with Gasteiger partial charge in [0.1, 0.15) is 0 Å². The number of carbonyl (C=O) groups is 1. The predicted octanol–water partition coefficient (Wildman–Crippen LogP) is 5.25. The molecular formula is C23H24N2O2. The minimum Gasteiger partial charge on any atom is -0.465 e. The van der Waals surface area contributed by atoms with Crippen molar-refractivity contribution in [3.63, 3.8) is 0 Å². The zero-order chi connectivity index (χ0) is 19.6. The van der Waals surface area contributed by atoms with Crippen LogP contribution in [0.3, 0.4) is 0 Å². The number of hydrogen-bond acceptors (Lipinski definition) is 3. The summed E-state index contributed by atoms with van der Waals surface area (Å²) in [5.74, 6) is -0.330. The fourth-order valence-electron chi connectivity index (χ4n) is 3.18. The summed E-state index contributed by atoms with van der Waals surface area (Å²) in [6, 6.07) is 15.8. The Morgan fingerprint density at radius 1 is 1.00 bits per heavy atom. The van der Waals surface area contributed by atoms with E-state index in [0.29, 0.717) is 5.56 Å². The highest BCUT2D eigenvalue weighted by Gasteiger charge is 2.11. The van der Waals surface area contributed by atoms with Gasteiger partial charge in [0.05, 0.1) is 18.4 Å². The van der Waals surface area contributed by atoms with E-state index in [0.717, 1.165) is 33.9 Å². The van der Waals surface area contributed by atoms with Crippen LogP contribution in [0.4, 0.5) is 5.69 Å². The zero-order valence-electron chi connectivity index (χ0n) is 16.4. The van der Waals surface area contributed by atoms with Crippen LogP contribution in [0.15, 0.2) is 53.5 Å². The third-order valence-electron chi connectivity index (χ3n) is 4.72. The standard InChI is InChI=1S/C23H24N2O2/c1-15-6-7-16(2)22(12-15)24-14-20-13-17(3)25(18(20)4)21-10-8-19(9-11-21)23(26)27-5/h6-14H,1-5H3. The lowest BCUT2D eigenvalue weighted by Gasteiger charge is -2.10. The van der Waals surface area contributed by atoms with E-state index >= 15 is 0 Å². The molecule has 0 atom stereocenters. The Balaban J connectivity index is 1.94. The highest BCUT2D eigenvalue weighted by Crippen LogP contribution is 2.23. The molecule has 4 nitrogen and oxygen atoms in total. The van der Waals surface area contributed by atoms with Gasteiger partial charge in [-0.2, -0.15) is 0 Å². The molecule has 3 aromatic rings. The summed E-state index contributed by atoms with van der Waals surface area (Å²) < 4.78 is 6.92. The number of methoxy groups -OCH3 is 1. The van der Waals surface area contributed by atoms with Crippen LogP contribution >= 0.6 is 0 Å². The van der Waals surface area contributed by atoms with Gasteiger partial charge in [-0.3, -0.25) is 4.99 Å². The second kappa shape index (κ2) is 7.62. The Bertz CT molecular complexity index is 1010. The van der Waals surface area contributed by atoms with Crippen LogP contribution < -0.4 is 0 Å². The lowest BCUT2D eigenvalue weighted by Crippen LogP contribution is -2.03. The summed E-state index contributed by atoms with van der Waals surface area (Å²) in [6.07, 6.45) is 1.92. The average Bonchev–Trinajstić information content (AvgIpc) is 2.95. The quantitative estimate of drug-likeness (QED) is 0.471. The predicted molar refractivity (Wildman–Crippen MR) is 110 cm³/mol. The smallest absolute Gasteiger partial charge is 0.337 e. The zero-order valence-corrected chi connectivity index (χ0v) is 16.4. The van der Waals surface area contributed by atoms with Crippen LogP contribution in [0.1, 0.15) is 38.4 Å². The number of esters is 1. The summed E-state index contributed by atoms with van der Waals surface area (Å²) in [6.45, 7) is 8.28. The molecular weight excluding hydrogens is 336 g/mol. The van der Waals surface area contributed by atoms with Gasteiger partial charge in [0, 0.05) is 28.9 Å². The van der Waals surface area contributed by atoms with Crippen molar-refractivity contribution < 1.29 is 9.53 Å². The summed E-state index contributed by atoms with van der Waals surface area (Å²) in [7, 11) is 1.39. The van der Waals surface area contributed by atoms with E-state index in [1.165, 1.54) is 12.7 Å². The highest BCUT2D eigenvalue weighted by molar-refractivity contribution is 5.89. The summed E-state index contributed by atoms with van der Waals surface area (Å²) >= 11 is 0. The fraction of sp³-hybridized carbons (Fsp3) is 0.217. The maximum Gasteiger partial charge on any atom is 0.337 e. The van der Waals surface area contributed by atoms with Crippen molar-refractivity contribution in [1.29, 1.82) is 0 Å². The summed E-state index contributed by atoms with van der Waals surface area (Å²) in [4.78, 5) is 16.3. The van der Waals surface area contributed by atoms with E-state index in [4.69, 9.17) is 9.73 Å². The van der Waals surface area contributed by atoms with E-state index < -0.39 is 0 Å². The minimum atomic E-state index is -0.330. The highest BCUT2D eigenvalue weighted by atomic mass is 16.5. The largest absolute Gasteiger partial charge is 0.465 e. The molecule has 138 valence electrons. The number of benzene rings is 2. The van der Waals surface area contributed by atoms with Crippen molar-refractivity contribution >= 4 is 17.9 Å². The number of aliphatic imine (C=N–C) groups is 1. The lowest BCUT2D eigenvalue weighted by molar-refractivity contribution is 0.0601. The maximum atomic E-state index is 11.6. The van der Waals surface area contributed by atoms with Crippen LogP contribution in [0.2, 0.25) is 0 Å². The maximum absolute atomic E-state index is 11.6.